The lowest BCUT2D eigenvalue weighted by Gasteiger charge is -2.38. The number of rotatable bonds is 4. The number of hydrogen-bond acceptors (Lipinski definition) is 7. The first-order valence-corrected chi connectivity index (χ1v) is 8.76. The Hall–Kier alpha value is -2.26. The van der Waals surface area contributed by atoms with Gasteiger partial charge in [0.1, 0.15) is 5.69 Å². The molecule has 1 aliphatic heterocycles. The highest BCUT2D eigenvalue weighted by Crippen LogP contribution is 2.39. The van der Waals surface area contributed by atoms with Gasteiger partial charge in [-0.3, -0.25) is 20.0 Å². The Morgan fingerprint density at radius 1 is 1.28 bits per heavy atom. The number of pyridine rings is 2. The predicted octanol–water partition coefficient (Wildman–Crippen LogP) is 2.61. The minimum absolute atomic E-state index is 0.0625. The number of nitrogens with zero attached hydrogens (tertiary/aromatic N) is 5. The molecule has 132 valence electrons. The highest BCUT2D eigenvalue weighted by atomic mass is 79.9. The lowest BCUT2D eigenvalue weighted by Crippen LogP contribution is -2.47. The van der Waals surface area contributed by atoms with Crippen molar-refractivity contribution in [2.75, 3.05) is 36.8 Å². The van der Waals surface area contributed by atoms with Gasteiger partial charge in [-0.2, -0.15) is 0 Å². The van der Waals surface area contributed by atoms with Gasteiger partial charge in [0, 0.05) is 44.6 Å². The van der Waals surface area contributed by atoms with Crippen molar-refractivity contribution < 1.29 is 4.92 Å². The van der Waals surface area contributed by atoms with Crippen LogP contribution in [0.15, 0.2) is 35.1 Å². The van der Waals surface area contributed by atoms with Gasteiger partial charge in [0.15, 0.2) is 0 Å². The molecule has 3 rings (SSSR count). The molecule has 0 saturated carbocycles. The molecule has 2 N–H and O–H groups in total. The highest BCUT2D eigenvalue weighted by Gasteiger charge is 2.30. The summed E-state index contributed by atoms with van der Waals surface area (Å²) < 4.78 is 0.583. The maximum Gasteiger partial charge on any atom is 0.335 e. The second-order valence-corrected chi connectivity index (χ2v) is 6.75. The fourth-order valence-corrected chi connectivity index (χ4v) is 3.65. The van der Waals surface area contributed by atoms with E-state index in [-0.39, 0.29) is 17.5 Å². The van der Waals surface area contributed by atoms with Crippen molar-refractivity contribution in [3.63, 3.8) is 0 Å². The lowest BCUT2D eigenvalue weighted by molar-refractivity contribution is -0.383. The van der Waals surface area contributed by atoms with Crippen molar-refractivity contribution in [2.45, 2.75) is 13.0 Å². The van der Waals surface area contributed by atoms with E-state index in [1.54, 1.807) is 6.20 Å². The minimum Gasteiger partial charge on any atom is -0.378 e. The molecule has 0 aromatic carbocycles. The Bertz CT molecular complexity index is 765. The van der Waals surface area contributed by atoms with Gasteiger partial charge in [-0.05, 0) is 35.0 Å². The summed E-state index contributed by atoms with van der Waals surface area (Å²) in [7, 11) is 0. The number of piperazine rings is 1. The van der Waals surface area contributed by atoms with Crippen molar-refractivity contribution in [3.05, 3.63) is 50.9 Å². The third kappa shape index (κ3) is 3.57. The minimum atomic E-state index is -0.467. The van der Waals surface area contributed by atoms with E-state index in [0.29, 0.717) is 23.2 Å². The summed E-state index contributed by atoms with van der Waals surface area (Å²) in [6.45, 7) is 5.02. The molecule has 2 aromatic heterocycles. The predicted molar refractivity (Wildman–Crippen MR) is 99.4 cm³/mol. The second-order valence-electron chi connectivity index (χ2n) is 5.90. The van der Waals surface area contributed by atoms with Crippen LogP contribution in [0.5, 0.6) is 0 Å². The average molecular weight is 407 g/mol. The molecule has 1 unspecified atom stereocenters. The quantitative estimate of drug-likeness (QED) is 0.614. The average Bonchev–Trinajstić information content (AvgIpc) is 2.63. The molecule has 1 aliphatic rings. The molecule has 1 fully saturated rings. The molecule has 2 aromatic rings. The Kier molecular flexibility index (Phi) is 5.14. The summed E-state index contributed by atoms with van der Waals surface area (Å²) in [5.41, 5.74) is 7.12. The van der Waals surface area contributed by atoms with Crippen LogP contribution in [0.25, 0.3) is 0 Å². The summed E-state index contributed by atoms with van der Waals surface area (Å²) in [6.07, 6.45) is 3.31. The van der Waals surface area contributed by atoms with Crippen molar-refractivity contribution in [1.29, 1.82) is 0 Å². The molecule has 8 nitrogen and oxygen atoms in total. The first-order chi connectivity index (χ1) is 12.0. The largest absolute Gasteiger partial charge is 0.378 e. The molecule has 1 atom stereocenters. The van der Waals surface area contributed by atoms with E-state index in [9.17, 15) is 10.1 Å². The van der Waals surface area contributed by atoms with Crippen molar-refractivity contribution >= 4 is 33.1 Å². The van der Waals surface area contributed by atoms with Gasteiger partial charge in [0.25, 0.3) is 0 Å². The van der Waals surface area contributed by atoms with Gasteiger partial charge in [-0.1, -0.05) is 6.07 Å². The Balaban J connectivity index is 1.77. The Morgan fingerprint density at radius 2 is 2.00 bits per heavy atom. The zero-order valence-electron chi connectivity index (χ0n) is 13.8. The zero-order chi connectivity index (χ0) is 18.0. The summed E-state index contributed by atoms with van der Waals surface area (Å²) in [5.74, 6) is -0.0625. The van der Waals surface area contributed by atoms with Crippen LogP contribution in [-0.4, -0.2) is 46.0 Å². The van der Waals surface area contributed by atoms with Crippen LogP contribution < -0.4 is 10.6 Å². The molecule has 25 heavy (non-hydrogen) atoms. The Morgan fingerprint density at radius 3 is 2.60 bits per heavy atom. The normalized spacial score (nSPS) is 16.6. The van der Waals surface area contributed by atoms with Gasteiger partial charge in [-0.15, -0.1) is 0 Å². The van der Waals surface area contributed by atoms with Crippen molar-refractivity contribution in [1.82, 2.24) is 14.9 Å². The summed E-state index contributed by atoms with van der Waals surface area (Å²) in [4.78, 5) is 23.6. The standard InChI is InChI=1S/C16H19BrN6O2/c1-11(13-4-2-3-5-19-13)21-6-8-22(9-7-21)14-12(17)10-20-16(18)15(14)23(24)25/h2-5,10-11H,6-9H2,1H3,(H2,18,20). The van der Waals surface area contributed by atoms with Gasteiger partial charge in [0.2, 0.25) is 5.82 Å². The molecule has 0 radical (unpaired) electrons. The van der Waals surface area contributed by atoms with E-state index in [1.165, 1.54) is 6.20 Å². The first kappa shape index (κ1) is 17.6. The third-order valence-corrected chi connectivity index (χ3v) is 5.07. The van der Waals surface area contributed by atoms with Gasteiger partial charge in [-0.25, -0.2) is 4.98 Å². The number of anilines is 2. The SMILES string of the molecule is CC(c1ccccn1)N1CCN(c2c(Br)cnc(N)c2[N+](=O)[O-])CC1. The van der Waals surface area contributed by atoms with Crippen LogP contribution in [0.4, 0.5) is 17.2 Å². The fourth-order valence-electron chi connectivity index (χ4n) is 3.11. The van der Waals surface area contributed by atoms with E-state index in [4.69, 9.17) is 5.73 Å². The van der Waals surface area contributed by atoms with E-state index >= 15 is 0 Å². The molecule has 3 heterocycles. The maximum absolute atomic E-state index is 11.4. The number of nitrogen functional groups attached to an aromatic ring is 1. The summed E-state index contributed by atoms with van der Waals surface area (Å²) >= 11 is 3.38. The van der Waals surface area contributed by atoms with Crippen LogP contribution in [0.1, 0.15) is 18.7 Å². The number of nitro groups is 1. The zero-order valence-corrected chi connectivity index (χ0v) is 15.4. The van der Waals surface area contributed by atoms with Crippen LogP contribution >= 0.6 is 15.9 Å². The van der Waals surface area contributed by atoms with E-state index < -0.39 is 4.92 Å². The molecular weight excluding hydrogens is 388 g/mol. The third-order valence-electron chi connectivity index (χ3n) is 4.49. The molecule has 9 heteroatoms. The van der Waals surface area contributed by atoms with Crippen molar-refractivity contribution in [3.8, 4) is 0 Å². The smallest absolute Gasteiger partial charge is 0.335 e. The highest BCUT2D eigenvalue weighted by molar-refractivity contribution is 9.10. The molecule has 0 spiro atoms. The molecule has 0 bridgehead atoms. The molecule has 0 amide bonds. The number of nitrogens with two attached hydrogens (primary N) is 1. The van der Waals surface area contributed by atoms with Crippen LogP contribution in [0.3, 0.4) is 0 Å². The second kappa shape index (κ2) is 7.32. The monoisotopic (exact) mass is 406 g/mol. The summed E-state index contributed by atoms with van der Waals surface area (Å²) in [5, 5.41) is 11.4. The molecule has 1 saturated heterocycles. The summed E-state index contributed by atoms with van der Waals surface area (Å²) in [6, 6.07) is 6.10. The van der Waals surface area contributed by atoms with E-state index in [2.05, 4.69) is 37.7 Å². The number of hydrogen-bond donors (Lipinski definition) is 1. The van der Waals surface area contributed by atoms with Gasteiger partial charge < -0.3 is 10.6 Å². The number of aromatic nitrogens is 2. The van der Waals surface area contributed by atoms with E-state index in [1.807, 2.05) is 23.1 Å². The van der Waals surface area contributed by atoms with Crippen LogP contribution in [-0.2, 0) is 0 Å². The van der Waals surface area contributed by atoms with E-state index in [0.717, 1.165) is 18.8 Å². The molecular formula is C16H19BrN6O2. The lowest BCUT2D eigenvalue weighted by atomic mass is 10.1. The van der Waals surface area contributed by atoms with Gasteiger partial charge >= 0.3 is 5.69 Å². The first-order valence-electron chi connectivity index (χ1n) is 7.97. The maximum atomic E-state index is 11.4. The number of halogens is 1. The molecule has 0 aliphatic carbocycles. The van der Waals surface area contributed by atoms with Crippen LogP contribution in [0, 0.1) is 10.1 Å². The fraction of sp³-hybridized carbons (Fsp3) is 0.375. The van der Waals surface area contributed by atoms with Crippen LogP contribution in [0.2, 0.25) is 0 Å². The van der Waals surface area contributed by atoms with Crippen molar-refractivity contribution in [2.24, 2.45) is 0 Å². The Labute approximate surface area is 153 Å². The topological polar surface area (TPSA) is 101 Å². The van der Waals surface area contributed by atoms with Gasteiger partial charge in [0.05, 0.1) is 15.1 Å².